The number of carbonyl (C=O) groups is 1. The Morgan fingerprint density at radius 2 is 1.88 bits per heavy atom. The Morgan fingerprint density at radius 1 is 1.24 bits per heavy atom. The van der Waals surface area contributed by atoms with Crippen LogP contribution in [-0.4, -0.2) is 15.9 Å². The van der Waals surface area contributed by atoms with E-state index in [1.54, 1.807) is 31.2 Å². The molecule has 2 aromatic rings. The first kappa shape index (κ1) is 11.1. The number of rotatable bonds is 2. The van der Waals surface area contributed by atoms with Crippen LogP contribution in [0.5, 0.6) is 0 Å². The summed E-state index contributed by atoms with van der Waals surface area (Å²) in [7, 11) is 0. The lowest BCUT2D eigenvalue weighted by atomic mass is 10.2. The second kappa shape index (κ2) is 4.61. The summed E-state index contributed by atoms with van der Waals surface area (Å²) in [5, 5.41) is 2.70. The molecule has 5 nitrogen and oxygen atoms in total. The molecule has 0 aliphatic rings. The van der Waals surface area contributed by atoms with Gasteiger partial charge in [0.25, 0.3) is 5.91 Å². The minimum atomic E-state index is -0.275. The van der Waals surface area contributed by atoms with Crippen LogP contribution in [-0.2, 0) is 0 Å². The van der Waals surface area contributed by atoms with Crippen LogP contribution in [0.1, 0.15) is 16.2 Å². The van der Waals surface area contributed by atoms with Crippen LogP contribution in [0.2, 0.25) is 0 Å². The molecular formula is C12H12N4O. The van der Waals surface area contributed by atoms with Gasteiger partial charge in [0.2, 0.25) is 0 Å². The fourth-order valence-corrected chi connectivity index (χ4v) is 1.32. The average molecular weight is 228 g/mol. The average Bonchev–Trinajstić information content (AvgIpc) is 2.33. The Balaban J connectivity index is 2.17. The summed E-state index contributed by atoms with van der Waals surface area (Å²) in [5.41, 5.74) is 7.23. The molecule has 86 valence electrons. The van der Waals surface area contributed by atoms with Crippen molar-refractivity contribution in [2.24, 2.45) is 0 Å². The number of carbonyl (C=O) groups excluding carboxylic acids is 1. The maximum Gasteiger partial charge on any atom is 0.258 e. The standard InChI is InChI=1S/C12H12N4O/c1-8-14-6-9(7-15-8)12(17)16-11-5-3-2-4-10(11)13/h2-7H,13H2,1H3,(H,16,17). The van der Waals surface area contributed by atoms with E-state index >= 15 is 0 Å². The minimum Gasteiger partial charge on any atom is -0.397 e. The van der Waals surface area contributed by atoms with Gasteiger partial charge < -0.3 is 11.1 Å². The van der Waals surface area contributed by atoms with Crippen LogP contribution in [0.25, 0.3) is 0 Å². The first-order valence-electron chi connectivity index (χ1n) is 5.11. The molecular weight excluding hydrogens is 216 g/mol. The van der Waals surface area contributed by atoms with Crippen molar-refractivity contribution < 1.29 is 4.79 Å². The van der Waals surface area contributed by atoms with Crippen molar-refractivity contribution in [3.8, 4) is 0 Å². The van der Waals surface area contributed by atoms with E-state index < -0.39 is 0 Å². The number of hydrogen-bond donors (Lipinski definition) is 2. The van der Waals surface area contributed by atoms with E-state index in [4.69, 9.17) is 5.73 Å². The third-order valence-corrected chi connectivity index (χ3v) is 2.25. The number of nitrogen functional groups attached to an aromatic ring is 1. The Labute approximate surface area is 98.7 Å². The number of nitrogens with two attached hydrogens (primary N) is 1. The maximum atomic E-state index is 11.8. The highest BCUT2D eigenvalue weighted by Gasteiger charge is 2.08. The number of nitrogens with zero attached hydrogens (tertiary/aromatic N) is 2. The molecule has 1 aromatic carbocycles. The summed E-state index contributed by atoms with van der Waals surface area (Å²) in [6.45, 7) is 1.76. The first-order valence-corrected chi connectivity index (χ1v) is 5.11. The van der Waals surface area contributed by atoms with E-state index in [0.717, 1.165) is 0 Å². The first-order chi connectivity index (χ1) is 8.16. The molecule has 0 atom stereocenters. The van der Waals surface area contributed by atoms with Gasteiger partial charge >= 0.3 is 0 Å². The number of hydrogen-bond acceptors (Lipinski definition) is 4. The molecule has 0 aliphatic heterocycles. The van der Waals surface area contributed by atoms with E-state index in [9.17, 15) is 4.79 Å². The maximum absolute atomic E-state index is 11.8. The zero-order chi connectivity index (χ0) is 12.3. The van der Waals surface area contributed by atoms with Gasteiger partial charge in [-0.15, -0.1) is 0 Å². The lowest BCUT2D eigenvalue weighted by Crippen LogP contribution is -2.14. The van der Waals surface area contributed by atoms with Crippen LogP contribution in [0, 0.1) is 6.92 Å². The van der Waals surface area contributed by atoms with Crippen molar-refractivity contribution in [3.63, 3.8) is 0 Å². The van der Waals surface area contributed by atoms with Crippen molar-refractivity contribution in [1.29, 1.82) is 0 Å². The monoisotopic (exact) mass is 228 g/mol. The zero-order valence-electron chi connectivity index (χ0n) is 9.34. The van der Waals surface area contributed by atoms with Crippen LogP contribution in [0.15, 0.2) is 36.7 Å². The molecule has 0 radical (unpaired) electrons. The molecule has 0 saturated heterocycles. The van der Waals surface area contributed by atoms with Crippen molar-refractivity contribution in [2.75, 3.05) is 11.1 Å². The van der Waals surface area contributed by atoms with Crippen LogP contribution in [0.4, 0.5) is 11.4 Å². The van der Waals surface area contributed by atoms with Crippen molar-refractivity contribution in [2.45, 2.75) is 6.92 Å². The molecule has 2 rings (SSSR count). The van der Waals surface area contributed by atoms with Crippen LogP contribution in [0.3, 0.4) is 0 Å². The van der Waals surface area contributed by atoms with E-state index in [0.29, 0.717) is 22.8 Å². The van der Waals surface area contributed by atoms with Crippen molar-refractivity contribution in [1.82, 2.24) is 9.97 Å². The SMILES string of the molecule is Cc1ncc(C(=O)Nc2ccccc2N)cn1. The summed E-state index contributed by atoms with van der Waals surface area (Å²) in [5.74, 6) is 0.351. The lowest BCUT2D eigenvalue weighted by Gasteiger charge is -2.07. The molecule has 1 heterocycles. The Bertz CT molecular complexity index is 536. The second-order valence-electron chi connectivity index (χ2n) is 3.56. The van der Waals surface area contributed by atoms with E-state index in [1.165, 1.54) is 12.4 Å². The van der Waals surface area contributed by atoms with Gasteiger partial charge in [0, 0.05) is 12.4 Å². The number of aryl methyl sites for hydroxylation is 1. The van der Waals surface area contributed by atoms with Gasteiger partial charge in [-0.05, 0) is 19.1 Å². The lowest BCUT2D eigenvalue weighted by molar-refractivity contribution is 0.102. The number of nitrogens with one attached hydrogen (secondary N) is 1. The molecule has 0 saturated carbocycles. The topological polar surface area (TPSA) is 80.9 Å². The minimum absolute atomic E-state index is 0.275. The number of para-hydroxylation sites is 2. The highest BCUT2D eigenvalue weighted by Crippen LogP contribution is 2.17. The summed E-state index contributed by atoms with van der Waals surface area (Å²) < 4.78 is 0. The quantitative estimate of drug-likeness (QED) is 0.765. The molecule has 0 unspecified atom stereocenters. The third-order valence-electron chi connectivity index (χ3n) is 2.25. The predicted molar refractivity (Wildman–Crippen MR) is 65.6 cm³/mol. The van der Waals surface area contributed by atoms with Gasteiger partial charge in [-0.25, -0.2) is 9.97 Å². The van der Waals surface area contributed by atoms with Gasteiger partial charge in [0.05, 0.1) is 16.9 Å². The van der Waals surface area contributed by atoms with Gasteiger partial charge in [-0.2, -0.15) is 0 Å². The fraction of sp³-hybridized carbons (Fsp3) is 0.0833. The normalized spacial score (nSPS) is 9.94. The summed E-state index contributed by atoms with van der Waals surface area (Å²) in [6.07, 6.45) is 2.97. The largest absolute Gasteiger partial charge is 0.397 e. The Hall–Kier alpha value is -2.43. The van der Waals surface area contributed by atoms with Gasteiger partial charge in [0.1, 0.15) is 5.82 Å². The molecule has 5 heteroatoms. The number of aromatic nitrogens is 2. The summed E-state index contributed by atoms with van der Waals surface area (Å²) >= 11 is 0. The molecule has 0 aliphatic carbocycles. The molecule has 0 spiro atoms. The number of amides is 1. The van der Waals surface area contributed by atoms with E-state index in [2.05, 4.69) is 15.3 Å². The Kier molecular flexibility index (Phi) is 3.00. The number of anilines is 2. The predicted octanol–water partition coefficient (Wildman–Crippen LogP) is 1.62. The molecule has 1 aromatic heterocycles. The molecule has 1 amide bonds. The number of benzene rings is 1. The van der Waals surface area contributed by atoms with Gasteiger partial charge in [-0.3, -0.25) is 4.79 Å². The molecule has 0 bridgehead atoms. The molecule has 0 fully saturated rings. The van der Waals surface area contributed by atoms with Gasteiger partial charge in [-0.1, -0.05) is 12.1 Å². The van der Waals surface area contributed by atoms with E-state index in [1.807, 2.05) is 0 Å². The highest BCUT2D eigenvalue weighted by molar-refractivity contribution is 6.05. The highest BCUT2D eigenvalue weighted by atomic mass is 16.1. The zero-order valence-corrected chi connectivity index (χ0v) is 9.34. The smallest absolute Gasteiger partial charge is 0.258 e. The molecule has 3 N–H and O–H groups in total. The Morgan fingerprint density at radius 3 is 2.53 bits per heavy atom. The molecule has 17 heavy (non-hydrogen) atoms. The summed E-state index contributed by atoms with van der Waals surface area (Å²) in [4.78, 5) is 19.8. The van der Waals surface area contributed by atoms with Crippen molar-refractivity contribution >= 4 is 17.3 Å². The fourth-order valence-electron chi connectivity index (χ4n) is 1.32. The van der Waals surface area contributed by atoms with E-state index in [-0.39, 0.29) is 5.91 Å². The third kappa shape index (κ3) is 2.57. The summed E-state index contributed by atoms with van der Waals surface area (Å²) in [6, 6.07) is 7.07. The van der Waals surface area contributed by atoms with Gasteiger partial charge in [0.15, 0.2) is 0 Å². The van der Waals surface area contributed by atoms with Crippen LogP contribution < -0.4 is 11.1 Å². The second-order valence-corrected chi connectivity index (χ2v) is 3.56. The van der Waals surface area contributed by atoms with Crippen molar-refractivity contribution in [3.05, 3.63) is 48.0 Å². The van der Waals surface area contributed by atoms with Crippen LogP contribution >= 0.6 is 0 Å².